The van der Waals surface area contributed by atoms with Crippen molar-refractivity contribution in [2.45, 2.75) is 19.8 Å². The molecule has 0 aliphatic carbocycles. The molecule has 2 heterocycles. The van der Waals surface area contributed by atoms with Crippen molar-refractivity contribution in [1.82, 2.24) is 19.9 Å². The molecule has 0 unspecified atom stereocenters. The van der Waals surface area contributed by atoms with Gasteiger partial charge in [-0.2, -0.15) is 5.10 Å². The van der Waals surface area contributed by atoms with E-state index in [0.717, 1.165) is 29.5 Å². The van der Waals surface area contributed by atoms with Gasteiger partial charge < -0.3 is 5.32 Å². The normalized spacial score (nSPS) is 10.9. The van der Waals surface area contributed by atoms with E-state index in [-0.39, 0.29) is 5.91 Å². The average Bonchev–Trinajstić information content (AvgIpc) is 3.02. The number of alkyl halides is 1. The summed E-state index contributed by atoms with van der Waals surface area (Å²) in [6.07, 6.45) is 5.30. The number of carbonyl (C=O) groups excluding carboxylic acids is 1. The Hall–Kier alpha value is -2.21. The van der Waals surface area contributed by atoms with Gasteiger partial charge in [-0.25, -0.2) is 9.50 Å². The number of carbonyl (C=O) groups is 1. The minimum atomic E-state index is -0.0350. The number of amides is 1. The molecule has 6 heteroatoms. The van der Waals surface area contributed by atoms with Gasteiger partial charge in [0.2, 0.25) is 0 Å². The zero-order valence-electron chi connectivity index (χ0n) is 13.5. The third kappa shape index (κ3) is 3.64. The Morgan fingerprint density at radius 2 is 2.17 bits per heavy atom. The Bertz CT molecular complexity index is 859. The second-order valence-electron chi connectivity index (χ2n) is 5.63. The van der Waals surface area contributed by atoms with E-state index in [0.29, 0.717) is 12.1 Å². The summed E-state index contributed by atoms with van der Waals surface area (Å²) in [7, 11) is 0. The summed E-state index contributed by atoms with van der Waals surface area (Å²) in [5.74, 6) is -0.0350. The molecule has 1 aromatic carbocycles. The van der Waals surface area contributed by atoms with Crippen molar-refractivity contribution in [1.29, 1.82) is 0 Å². The van der Waals surface area contributed by atoms with Gasteiger partial charge >= 0.3 is 0 Å². The maximum Gasteiger partial charge on any atom is 0.251 e. The van der Waals surface area contributed by atoms with E-state index >= 15 is 0 Å². The minimum absolute atomic E-state index is 0.0350. The standard InChI is InChI=1S/C18H19BrN4O/c1-13-4-5-15(18(24)20-10-8-19)11-14(13)6-7-16-12-21-17-3-2-9-22-23(16)17/h2-5,9,11-12H,6-8,10H2,1H3,(H,20,24). The zero-order chi connectivity index (χ0) is 16.9. The van der Waals surface area contributed by atoms with Gasteiger partial charge in [0, 0.05) is 23.6 Å². The Morgan fingerprint density at radius 3 is 3.00 bits per heavy atom. The van der Waals surface area contributed by atoms with Gasteiger partial charge in [-0.05, 0) is 55.2 Å². The number of nitrogens with zero attached hydrogens (tertiary/aromatic N) is 3. The fraction of sp³-hybridized carbons (Fsp3) is 0.278. The van der Waals surface area contributed by atoms with Crippen LogP contribution in [-0.4, -0.2) is 32.4 Å². The van der Waals surface area contributed by atoms with E-state index in [2.05, 4.69) is 38.3 Å². The molecule has 5 nitrogen and oxygen atoms in total. The highest BCUT2D eigenvalue weighted by Gasteiger charge is 2.09. The Kier molecular flexibility index (Phi) is 5.25. The highest BCUT2D eigenvalue weighted by Crippen LogP contribution is 2.15. The Morgan fingerprint density at radius 1 is 1.29 bits per heavy atom. The van der Waals surface area contributed by atoms with Crippen LogP contribution in [0.3, 0.4) is 0 Å². The van der Waals surface area contributed by atoms with Crippen LogP contribution >= 0.6 is 15.9 Å². The van der Waals surface area contributed by atoms with Crippen LogP contribution in [0.5, 0.6) is 0 Å². The van der Waals surface area contributed by atoms with Gasteiger partial charge in [-0.1, -0.05) is 22.0 Å². The molecule has 0 bridgehead atoms. The van der Waals surface area contributed by atoms with Crippen molar-refractivity contribution in [3.63, 3.8) is 0 Å². The molecule has 1 amide bonds. The second-order valence-corrected chi connectivity index (χ2v) is 6.42. The summed E-state index contributed by atoms with van der Waals surface area (Å²) in [6.45, 7) is 2.69. The number of aromatic nitrogens is 3. The quantitative estimate of drug-likeness (QED) is 0.662. The molecule has 124 valence electrons. The molecule has 0 radical (unpaired) electrons. The monoisotopic (exact) mass is 386 g/mol. The summed E-state index contributed by atoms with van der Waals surface area (Å²) in [5, 5.41) is 7.97. The molecule has 2 aromatic heterocycles. The summed E-state index contributed by atoms with van der Waals surface area (Å²) in [4.78, 5) is 16.5. The maximum absolute atomic E-state index is 12.1. The van der Waals surface area contributed by atoms with E-state index in [1.165, 1.54) is 11.1 Å². The van der Waals surface area contributed by atoms with Gasteiger partial charge in [0.15, 0.2) is 5.65 Å². The van der Waals surface area contributed by atoms with Gasteiger partial charge in [-0.3, -0.25) is 4.79 Å². The highest BCUT2D eigenvalue weighted by molar-refractivity contribution is 9.09. The number of halogens is 1. The molecule has 0 saturated heterocycles. The van der Waals surface area contributed by atoms with Crippen molar-refractivity contribution in [3.8, 4) is 0 Å². The number of benzene rings is 1. The molecule has 3 rings (SSSR count). The van der Waals surface area contributed by atoms with Crippen LogP contribution in [0.1, 0.15) is 27.2 Å². The van der Waals surface area contributed by atoms with Crippen LogP contribution in [0.25, 0.3) is 5.65 Å². The van der Waals surface area contributed by atoms with Crippen molar-refractivity contribution in [2.75, 3.05) is 11.9 Å². The van der Waals surface area contributed by atoms with E-state index in [1.807, 2.05) is 41.0 Å². The highest BCUT2D eigenvalue weighted by atomic mass is 79.9. The summed E-state index contributed by atoms with van der Waals surface area (Å²) in [6, 6.07) is 9.68. The number of hydrogen-bond donors (Lipinski definition) is 1. The molecule has 0 saturated carbocycles. The largest absolute Gasteiger partial charge is 0.351 e. The van der Waals surface area contributed by atoms with E-state index in [9.17, 15) is 4.79 Å². The SMILES string of the molecule is Cc1ccc(C(=O)NCCBr)cc1CCc1cnc2cccnn12. The first-order chi connectivity index (χ1) is 11.7. The predicted molar refractivity (Wildman–Crippen MR) is 97.7 cm³/mol. The van der Waals surface area contributed by atoms with Crippen LogP contribution in [-0.2, 0) is 12.8 Å². The third-order valence-corrected chi connectivity index (χ3v) is 4.39. The molecule has 1 N–H and O–H groups in total. The van der Waals surface area contributed by atoms with Crippen molar-refractivity contribution >= 4 is 27.5 Å². The zero-order valence-corrected chi connectivity index (χ0v) is 15.1. The number of fused-ring (bicyclic) bond motifs is 1. The fourth-order valence-electron chi connectivity index (χ4n) is 2.66. The first-order valence-electron chi connectivity index (χ1n) is 7.90. The molecule has 0 aliphatic rings. The lowest BCUT2D eigenvalue weighted by atomic mass is 10.00. The molecule has 3 aromatic rings. The maximum atomic E-state index is 12.1. The number of hydrogen-bond acceptors (Lipinski definition) is 3. The number of nitrogens with one attached hydrogen (secondary N) is 1. The average molecular weight is 387 g/mol. The van der Waals surface area contributed by atoms with Crippen LogP contribution < -0.4 is 5.32 Å². The van der Waals surface area contributed by atoms with Crippen molar-refractivity contribution in [2.24, 2.45) is 0 Å². The first-order valence-corrected chi connectivity index (χ1v) is 9.02. The van der Waals surface area contributed by atoms with Crippen LogP contribution in [0.4, 0.5) is 0 Å². The Labute approximate surface area is 149 Å². The fourth-order valence-corrected chi connectivity index (χ4v) is 2.85. The van der Waals surface area contributed by atoms with Gasteiger partial charge in [0.05, 0.1) is 11.9 Å². The van der Waals surface area contributed by atoms with Gasteiger partial charge in [-0.15, -0.1) is 0 Å². The number of aryl methyl sites for hydroxylation is 3. The lowest BCUT2D eigenvalue weighted by Gasteiger charge is -2.09. The van der Waals surface area contributed by atoms with E-state index < -0.39 is 0 Å². The molecule has 0 fully saturated rings. The molecule has 24 heavy (non-hydrogen) atoms. The van der Waals surface area contributed by atoms with E-state index in [4.69, 9.17) is 0 Å². The summed E-state index contributed by atoms with van der Waals surface area (Å²) < 4.78 is 1.86. The molecular weight excluding hydrogens is 368 g/mol. The minimum Gasteiger partial charge on any atom is -0.351 e. The second kappa shape index (κ2) is 7.57. The molecular formula is C18H19BrN4O. The topological polar surface area (TPSA) is 59.3 Å². The molecule has 0 atom stereocenters. The smallest absolute Gasteiger partial charge is 0.251 e. The van der Waals surface area contributed by atoms with Crippen LogP contribution in [0, 0.1) is 6.92 Å². The van der Waals surface area contributed by atoms with Crippen molar-refractivity contribution in [3.05, 3.63) is 65.1 Å². The third-order valence-electron chi connectivity index (χ3n) is 3.99. The molecule has 0 aliphatic heterocycles. The first kappa shape index (κ1) is 16.6. The van der Waals surface area contributed by atoms with Crippen LogP contribution in [0.2, 0.25) is 0 Å². The summed E-state index contributed by atoms with van der Waals surface area (Å²) >= 11 is 3.31. The van der Waals surface area contributed by atoms with Gasteiger partial charge in [0.25, 0.3) is 5.91 Å². The predicted octanol–water partition coefficient (Wildman–Crippen LogP) is 2.95. The Balaban J connectivity index is 1.76. The number of rotatable bonds is 6. The van der Waals surface area contributed by atoms with Crippen molar-refractivity contribution < 1.29 is 4.79 Å². The summed E-state index contributed by atoms with van der Waals surface area (Å²) in [5.41, 5.74) is 4.99. The van der Waals surface area contributed by atoms with Crippen LogP contribution in [0.15, 0.2) is 42.7 Å². The van der Waals surface area contributed by atoms with E-state index in [1.54, 1.807) is 6.20 Å². The van der Waals surface area contributed by atoms with Gasteiger partial charge in [0.1, 0.15) is 0 Å². The lowest BCUT2D eigenvalue weighted by Crippen LogP contribution is -2.25. The molecule has 0 spiro atoms. The lowest BCUT2D eigenvalue weighted by molar-refractivity contribution is 0.0956. The number of imidazole rings is 1.